The highest BCUT2D eigenvalue weighted by Crippen LogP contribution is 2.09. The molecule has 0 aromatic heterocycles. The van der Waals surface area contributed by atoms with Crippen molar-refractivity contribution in [3.05, 3.63) is 35.4 Å². The van der Waals surface area contributed by atoms with Gasteiger partial charge in [0, 0.05) is 19.7 Å². The van der Waals surface area contributed by atoms with Crippen LogP contribution in [0.1, 0.15) is 15.9 Å². The molecule has 1 rings (SSSR count). The van der Waals surface area contributed by atoms with Crippen LogP contribution in [0.2, 0.25) is 0 Å². The minimum atomic E-state index is -0.0762. The van der Waals surface area contributed by atoms with Gasteiger partial charge in [0.25, 0.3) is 5.91 Å². The van der Waals surface area contributed by atoms with Crippen molar-refractivity contribution in [1.29, 1.82) is 0 Å². The lowest BCUT2D eigenvalue weighted by Crippen LogP contribution is -2.19. The van der Waals surface area contributed by atoms with Crippen LogP contribution >= 0.6 is 0 Å². The molecule has 70 valence electrons. The molecule has 1 N–H and O–H groups in total. The Morgan fingerprint density at radius 2 is 2.15 bits per heavy atom. The predicted octanol–water partition coefficient (Wildman–Crippen LogP) is 1.19. The fourth-order valence-corrected chi connectivity index (χ4v) is 1.16. The molecule has 0 saturated carbocycles. The van der Waals surface area contributed by atoms with Crippen LogP contribution in [0.5, 0.6) is 0 Å². The summed E-state index contributed by atoms with van der Waals surface area (Å²) in [5, 5.41) is 2.59. The van der Waals surface area contributed by atoms with Crippen LogP contribution in [0.25, 0.3) is 0 Å². The Kier molecular flexibility index (Phi) is 3.46. The molecule has 1 aromatic carbocycles. The molecule has 1 amide bonds. The molecule has 0 fully saturated rings. The molecule has 3 nitrogen and oxygen atoms in total. The first-order chi connectivity index (χ1) is 6.29. The number of carbonyl (C=O) groups is 1. The number of carbonyl (C=O) groups excluding carboxylic acids is 1. The van der Waals surface area contributed by atoms with Gasteiger partial charge in [-0.3, -0.25) is 4.79 Å². The first-order valence-electron chi connectivity index (χ1n) is 4.08. The van der Waals surface area contributed by atoms with Crippen molar-refractivity contribution in [2.24, 2.45) is 0 Å². The smallest absolute Gasteiger partial charge is 0.251 e. The molecule has 1 aromatic rings. The third kappa shape index (κ3) is 2.29. The van der Waals surface area contributed by atoms with E-state index in [1.54, 1.807) is 20.2 Å². The minimum absolute atomic E-state index is 0.0762. The summed E-state index contributed by atoms with van der Waals surface area (Å²) in [4.78, 5) is 11.3. The second-order valence-electron chi connectivity index (χ2n) is 2.67. The standard InChI is InChI=1S/C10H13NO2/c1-11-10(12)9-6-4-3-5-8(9)7-13-2/h3-6H,7H2,1-2H3,(H,11,12). The van der Waals surface area contributed by atoms with Gasteiger partial charge in [-0.15, -0.1) is 0 Å². The van der Waals surface area contributed by atoms with E-state index in [0.717, 1.165) is 5.56 Å². The summed E-state index contributed by atoms with van der Waals surface area (Å²) in [5.74, 6) is -0.0762. The van der Waals surface area contributed by atoms with Crippen molar-refractivity contribution >= 4 is 5.91 Å². The largest absolute Gasteiger partial charge is 0.380 e. The second-order valence-corrected chi connectivity index (χ2v) is 2.67. The lowest BCUT2D eigenvalue weighted by molar-refractivity contribution is 0.0958. The van der Waals surface area contributed by atoms with Gasteiger partial charge in [0.05, 0.1) is 6.61 Å². The lowest BCUT2D eigenvalue weighted by atomic mass is 10.1. The maximum Gasteiger partial charge on any atom is 0.251 e. The number of hydrogen-bond donors (Lipinski definition) is 1. The van der Waals surface area contributed by atoms with Crippen molar-refractivity contribution in [2.45, 2.75) is 6.61 Å². The normalized spacial score (nSPS) is 9.69. The summed E-state index contributed by atoms with van der Waals surface area (Å²) < 4.78 is 4.98. The summed E-state index contributed by atoms with van der Waals surface area (Å²) in [5.41, 5.74) is 1.58. The molecule has 0 unspecified atom stereocenters. The van der Waals surface area contributed by atoms with E-state index in [-0.39, 0.29) is 5.91 Å². The number of methoxy groups -OCH3 is 1. The second kappa shape index (κ2) is 4.62. The molecule has 0 saturated heterocycles. The topological polar surface area (TPSA) is 38.3 Å². The van der Waals surface area contributed by atoms with Gasteiger partial charge in [0.2, 0.25) is 0 Å². The maximum atomic E-state index is 11.3. The first kappa shape index (κ1) is 9.74. The molecule has 0 aliphatic heterocycles. The Hall–Kier alpha value is -1.35. The van der Waals surface area contributed by atoms with Crippen LogP contribution in [-0.4, -0.2) is 20.1 Å². The lowest BCUT2D eigenvalue weighted by Gasteiger charge is -2.06. The highest BCUT2D eigenvalue weighted by Gasteiger charge is 2.07. The zero-order valence-corrected chi connectivity index (χ0v) is 7.83. The molecule has 0 atom stereocenters. The Bertz CT molecular complexity index is 297. The molecule has 0 aliphatic rings. The first-order valence-corrected chi connectivity index (χ1v) is 4.08. The number of rotatable bonds is 3. The van der Waals surface area contributed by atoms with Crippen LogP contribution in [0.4, 0.5) is 0 Å². The third-order valence-corrected chi connectivity index (χ3v) is 1.79. The molecule has 13 heavy (non-hydrogen) atoms. The fourth-order valence-electron chi connectivity index (χ4n) is 1.16. The predicted molar refractivity (Wildman–Crippen MR) is 50.5 cm³/mol. The highest BCUT2D eigenvalue weighted by atomic mass is 16.5. The molecule has 3 heteroatoms. The monoisotopic (exact) mass is 179 g/mol. The Labute approximate surface area is 77.7 Å². The number of benzene rings is 1. The van der Waals surface area contributed by atoms with E-state index in [1.165, 1.54) is 0 Å². The summed E-state index contributed by atoms with van der Waals surface area (Å²) in [6.07, 6.45) is 0. The van der Waals surface area contributed by atoms with Gasteiger partial charge in [-0.1, -0.05) is 18.2 Å². The quantitative estimate of drug-likeness (QED) is 0.757. The van der Waals surface area contributed by atoms with Crippen molar-refractivity contribution in [2.75, 3.05) is 14.2 Å². The van der Waals surface area contributed by atoms with Gasteiger partial charge in [-0.05, 0) is 11.6 Å². The zero-order valence-electron chi connectivity index (χ0n) is 7.83. The van der Waals surface area contributed by atoms with E-state index in [4.69, 9.17) is 4.74 Å². The van der Waals surface area contributed by atoms with Gasteiger partial charge in [-0.2, -0.15) is 0 Å². The van der Waals surface area contributed by atoms with Crippen molar-refractivity contribution < 1.29 is 9.53 Å². The molecule has 0 radical (unpaired) electrons. The number of ether oxygens (including phenoxy) is 1. The highest BCUT2D eigenvalue weighted by molar-refractivity contribution is 5.95. The average molecular weight is 179 g/mol. The van der Waals surface area contributed by atoms with Gasteiger partial charge in [0.15, 0.2) is 0 Å². The molecule has 0 spiro atoms. The Morgan fingerprint density at radius 3 is 2.77 bits per heavy atom. The number of hydrogen-bond acceptors (Lipinski definition) is 2. The van der Waals surface area contributed by atoms with Crippen molar-refractivity contribution in [3.63, 3.8) is 0 Å². The molecule has 0 heterocycles. The van der Waals surface area contributed by atoms with Crippen LogP contribution in [0.3, 0.4) is 0 Å². The molecular formula is C10H13NO2. The SMILES string of the molecule is CNC(=O)c1ccccc1COC. The Morgan fingerprint density at radius 1 is 1.46 bits per heavy atom. The number of nitrogens with one attached hydrogen (secondary N) is 1. The third-order valence-electron chi connectivity index (χ3n) is 1.79. The van der Waals surface area contributed by atoms with Crippen LogP contribution in [0, 0.1) is 0 Å². The molecule has 0 aliphatic carbocycles. The summed E-state index contributed by atoms with van der Waals surface area (Å²) >= 11 is 0. The van der Waals surface area contributed by atoms with Crippen LogP contribution in [0.15, 0.2) is 24.3 Å². The summed E-state index contributed by atoms with van der Waals surface area (Å²) in [6.45, 7) is 0.462. The van der Waals surface area contributed by atoms with Gasteiger partial charge in [0.1, 0.15) is 0 Å². The number of amides is 1. The molecular weight excluding hydrogens is 166 g/mol. The van der Waals surface area contributed by atoms with Crippen LogP contribution < -0.4 is 5.32 Å². The van der Waals surface area contributed by atoms with E-state index in [2.05, 4.69) is 5.32 Å². The van der Waals surface area contributed by atoms with Gasteiger partial charge in [-0.25, -0.2) is 0 Å². The van der Waals surface area contributed by atoms with E-state index < -0.39 is 0 Å². The van der Waals surface area contributed by atoms with E-state index in [0.29, 0.717) is 12.2 Å². The fraction of sp³-hybridized carbons (Fsp3) is 0.300. The van der Waals surface area contributed by atoms with E-state index >= 15 is 0 Å². The zero-order chi connectivity index (χ0) is 9.68. The minimum Gasteiger partial charge on any atom is -0.380 e. The van der Waals surface area contributed by atoms with E-state index in [9.17, 15) is 4.79 Å². The van der Waals surface area contributed by atoms with Crippen molar-refractivity contribution in [3.8, 4) is 0 Å². The maximum absolute atomic E-state index is 11.3. The Balaban J connectivity index is 2.97. The van der Waals surface area contributed by atoms with Crippen LogP contribution in [-0.2, 0) is 11.3 Å². The molecule has 0 bridgehead atoms. The average Bonchev–Trinajstić information content (AvgIpc) is 2.18. The summed E-state index contributed by atoms with van der Waals surface area (Å²) in [6, 6.07) is 7.39. The summed E-state index contributed by atoms with van der Waals surface area (Å²) in [7, 11) is 3.23. The van der Waals surface area contributed by atoms with E-state index in [1.807, 2.05) is 18.2 Å². The van der Waals surface area contributed by atoms with Gasteiger partial charge < -0.3 is 10.1 Å². The van der Waals surface area contributed by atoms with Crippen molar-refractivity contribution in [1.82, 2.24) is 5.32 Å². The van der Waals surface area contributed by atoms with Gasteiger partial charge >= 0.3 is 0 Å².